The summed E-state index contributed by atoms with van der Waals surface area (Å²) in [5.74, 6) is 3.06. The van der Waals surface area contributed by atoms with Gasteiger partial charge in [-0.2, -0.15) is 10.2 Å². The van der Waals surface area contributed by atoms with Gasteiger partial charge < -0.3 is 19.7 Å². The average Bonchev–Trinajstić information content (AvgIpc) is 3.35. The van der Waals surface area contributed by atoms with Crippen molar-refractivity contribution in [3.63, 3.8) is 0 Å². The Kier molecular flexibility index (Phi) is 7.73. The predicted molar refractivity (Wildman–Crippen MR) is 138 cm³/mol. The molecule has 8 nitrogen and oxygen atoms in total. The Labute approximate surface area is 212 Å². The number of hydrogen-bond donors (Lipinski definition) is 1. The van der Waals surface area contributed by atoms with Gasteiger partial charge in [0.25, 0.3) is 0 Å². The third-order valence-electron chi connectivity index (χ3n) is 7.04. The van der Waals surface area contributed by atoms with Crippen LogP contribution in [-0.2, 0) is 11.2 Å². The van der Waals surface area contributed by atoms with Gasteiger partial charge in [-0.25, -0.2) is 4.98 Å². The first kappa shape index (κ1) is 24.3. The van der Waals surface area contributed by atoms with Crippen molar-refractivity contribution < 1.29 is 9.47 Å². The van der Waals surface area contributed by atoms with Gasteiger partial charge in [0.1, 0.15) is 5.75 Å². The number of anilines is 1. The Hall–Kier alpha value is -2.38. The molecule has 2 fully saturated rings. The Bertz CT molecular complexity index is 1070. The van der Waals surface area contributed by atoms with Crippen LogP contribution >= 0.6 is 11.8 Å². The van der Waals surface area contributed by atoms with E-state index in [1.807, 2.05) is 26.0 Å². The number of aryl methyl sites for hydroxylation is 3. The van der Waals surface area contributed by atoms with E-state index in [-0.39, 0.29) is 0 Å². The van der Waals surface area contributed by atoms with Gasteiger partial charge in [-0.1, -0.05) is 0 Å². The zero-order chi connectivity index (χ0) is 24.2. The average molecular weight is 495 g/mol. The van der Waals surface area contributed by atoms with Crippen molar-refractivity contribution in [3.8, 4) is 17.7 Å². The molecule has 3 aliphatic heterocycles. The van der Waals surface area contributed by atoms with Crippen LogP contribution in [0, 0.1) is 25.2 Å². The minimum Gasteiger partial charge on any atom is -0.437 e. The molecule has 0 amide bonds. The molecule has 9 heteroatoms. The third-order valence-corrected chi connectivity index (χ3v) is 8.14. The van der Waals surface area contributed by atoms with Crippen LogP contribution in [0.25, 0.3) is 0 Å². The molecule has 0 unspecified atom stereocenters. The van der Waals surface area contributed by atoms with Gasteiger partial charge in [0.2, 0.25) is 11.8 Å². The van der Waals surface area contributed by atoms with E-state index in [1.165, 1.54) is 0 Å². The van der Waals surface area contributed by atoms with Crippen LogP contribution in [0.5, 0.6) is 11.6 Å². The van der Waals surface area contributed by atoms with Crippen molar-refractivity contribution in [3.05, 3.63) is 34.5 Å². The highest BCUT2D eigenvalue weighted by atomic mass is 32.2. The quantitative estimate of drug-likeness (QED) is 0.620. The van der Waals surface area contributed by atoms with Crippen molar-refractivity contribution in [2.24, 2.45) is 0 Å². The second kappa shape index (κ2) is 11.1. The smallest absolute Gasteiger partial charge is 0.238 e. The molecule has 5 rings (SSSR count). The summed E-state index contributed by atoms with van der Waals surface area (Å²) in [7, 11) is 0. The number of ether oxygens (including phenoxy) is 2. The van der Waals surface area contributed by atoms with E-state index in [0.29, 0.717) is 23.4 Å². The van der Waals surface area contributed by atoms with Crippen LogP contribution in [0.3, 0.4) is 0 Å². The fourth-order valence-corrected chi connectivity index (χ4v) is 6.06. The molecule has 3 aliphatic rings. The van der Waals surface area contributed by atoms with E-state index in [2.05, 4.69) is 21.2 Å². The number of rotatable bonds is 7. The van der Waals surface area contributed by atoms with Crippen LogP contribution in [-0.4, -0.2) is 84.0 Å². The van der Waals surface area contributed by atoms with Gasteiger partial charge in [-0.05, 0) is 49.9 Å². The van der Waals surface area contributed by atoms with Crippen molar-refractivity contribution in [1.82, 2.24) is 19.8 Å². The highest BCUT2D eigenvalue weighted by molar-refractivity contribution is 7.99. The number of aromatic nitrogens is 2. The van der Waals surface area contributed by atoms with Gasteiger partial charge in [-0.3, -0.25) is 4.90 Å². The fraction of sp³-hybridized carbons (Fsp3) is 0.577. The van der Waals surface area contributed by atoms with Crippen molar-refractivity contribution in [2.45, 2.75) is 44.0 Å². The molecule has 4 heterocycles. The summed E-state index contributed by atoms with van der Waals surface area (Å²) in [5, 5.41) is 12.9. The van der Waals surface area contributed by atoms with Gasteiger partial charge in [0.05, 0.1) is 35.4 Å². The molecule has 0 aliphatic carbocycles. The normalized spacial score (nSPS) is 19.3. The summed E-state index contributed by atoms with van der Waals surface area (Å²) in [6.45, 7) is 12.2. The number of morpholine rings is 1. The maximum Gasteiger partial charge on any atom is 0.238 e. The summed E-state index contributed by atoms with van der Waals surface area (Å²) in [6, 6.07) is 6.31. The zero-order valence-corrected chi connectivity index (χ0v) is 21.5. The number of nitrogens with one attached hydrogen (secondary N) is 1. The lowest BCUT2D eigenvalue weighted by molar-refractivity contribution is 0.0322. The molecule has 1 aromatic carbocycles. The van der Waals surface area contributed by atoms with E-state index in [9.17, 15) is 5.26 Å². The van der Waals surface area contributed by atoms with Crippen molar-refractivity contribution in [2.75, 3.05) is 63.6 Å². The number of thioether (sulfide) groups is 1. The van der Waals surface area contributed by atoms with Crippen LogP contribution in [0.15, 0.2) is 17.0 Å². The Balaban J connectivity index is 1.22. The van der Waals surface area contributed by atoms with E-state index < -0.39 is 0 Å². The predicted octanol–water partition coefficient (Wildman–Crippen LogP) is 3.61. The largest absolute Gasteiger partial charge is 0.437 e. The lowest BCUT2D eigenvalue weighted by Crippen LogP contribution is -2.45. The molecule has 1 aromatic heterocycles. The van der Waals surface area contributed by atoms with E-state index in [0.717, 1.165) is 105 Å². The molecule has 186 valence electrons. The van der Waals surface area contributed by atoms with Gasteiger partial charge in [0.15, 0.2) is 0 Å². The molecule has 35 heavy (non-hydrogen) atoms. The van der Waals surface area contributed by atoms with E-state index >= 15 is 0 Å². The monoisotopic (exact) mass is 494 g/mol. The zero-order valence-electron chi connectivity index (χ0n) is 20.7. The molecular formula is C26H34N6O2S. The van der Waals surface area contributed by atoms with Gasteiger partial charge >= 0.3 is 0 Å². The highest BCUT2D eigenvalue weighted by Gasteiger charge is 2.25. The summed E-state index contributed by atoms with van der Waals surface area (Å²) < 4.78 is 11.8. The third kappa shape index (κ3) is 5.89. The fourth-order valence-electron chi connectivity index (χ4n) is 5.04. The van der Waals surface area contributed by atoms with Gasteiger partial charge in [-0.15, -0.1) is 11.8 Å². The van der Waals surface area contributed by atoms with E-state index in [4.69, 9.17) is 19.4 Å². The molecule has 0 radical (unpaired) electrons. The lowest BCUT2D eigenvalue weighted by atomic mass is 10.1. The standard InChI is InChI=1S/C26H34N6O2S/c1-18-15-20(17-27)16-19(2)23(18)34-25-24-22(5-14-35-24)29-26(30-25)28-21-3-6-31(7-4-21)8-9-32-10-12-33-13-11-32/h15-16,21H,3-14H2,1-2H3,(H,28,29,30). The first-order chi connectivity index (χ1) is 17.1. The minimum absolute atomic E-state index is 0.368. The Morgan fingerprint density at radius 3 is 2.46 bits per heavy atom. The molecule has 1 N–H and O–H groups in total. The number of piperidine rings is 1. The lowest BCUT2D eigenvalue weighted by Gasteiger charge is -2.34. The number of likely N-dealkylation sites (tertiary alicyclic amines) is 1. The number of nitriles is 1. The van der Waals surface area contributed by atoms with Crippen molar-refractivity contribution >= 4 is 17.7 Å². The van der Waals surface area contributed by atoms with Crippen LogP contribution in [0.4, 0.5) is 5.95 Å². The van der Waals surface area contributed by atoms with E-state index in [1.54, 1.807) is 11.8 Å². The molecular weight excluding hydrogens is 460 g/mol. The second-order valence-corrected chi connectivity index (χ2v) is 10.7. The summed E-state index contributed by atoms with van der Waals surface area (Å²) in [4.78, 5) is 15.8. The highest BCUT2D eigenvalue weighted by Crippen LogP contribution is 2.41. The minimum atomic E-state index is 0.368. The summed E-state index contributed by atoms with van der Waals surface area (Å²) >= 11 is 1.76. The molecule has 2 saturated heterocycles. The van der Waals surface area contributed by atoms with Crippen LogP contribution in [0.1, 0.15) is 35.2 Å². The maximum atomic E-state index is 9.26. The van der Waals surface area contributed by atoms with Crippen LogP contribution < -0.4 is 10.1 Å². The number of hydrogen-bond acceptors (Lipinski definition) is 9. The molecule has 0 bridgehead atoms. The molecule has 0 spiro atoms. The summed E-state index contributed by atoms with van der Waals surface area (Å²) in [6.07, 6.45) is 3.10. The number of benzene rings is 1. The first-order valence-electron chi connectivity index (χ1n) is 12.6. The van der Waals surface area contributed by atoms with Crippen LogP contribution in [0.2, 0.25) is 0 Å². The Morgan fingerprint density at radius 1 is 1.09 bits per heavy atom. The topological polar surface area (TPSA) is 86.5 Å². The number of fused-ring (bicyclic) bond motifs is 1. The SMILES string of the molecule is Cc1cc(C#N)cc(C)c1Oc1nc(NC2CCN(CCN3CCOCC3)CC2)nc2c1SCC2. The number of nitrogens with zero attached hydrogens (tertiary/aromatic N) is 5. The molecule has 0 saturated carbocycles. The van der Waals surface area contributed by atoms with Crippen molar-refractivity contribution in [1.29, 1.82) is 5.26 Å². The molecule has 2 aromatic rings. The Morgan fingerprint density at radius 2 is 1.77 bits per heavy atom. The molecule has 0 atom stereocenters. The first-order valence-corrected chi connectivity index (χ1v) is 13.6. The maximum absolute atomic E-state index is 9.26. The second-order valence-electron chi connectivity index (χ2n) is 9.59. The van der Waals surface area contributed by atoms with Gasteiger partial charge in [0, 0.05) is 57.5 Å². The summed E-state index contributed by atoms with van der Waals surface area (Å²) in [5.41, 5.74) is 3.59.